The second kappa shape index (κ2) is 7.72. The molecule has 5 nitrogen and oxygen atoms in total. The van der Waals surface area contributed by atoms with E-state index < -0.39 is 0 Å². The number of hydrogen-bond donors (Lipinski definition) is 1. The van der Waals surface area contributed by atoms with Crippen molar-refractivity contribution in [2.75, 3.05) is 0 Å². The summed E-state index contributed by atoms with van der Waals surface area (Å²) < 4.78 is 1.68. The molecule has 3 aromatic rings. The number of amides is 1. The Morgan fingerprint density at radius 3 is 2.65 bits per heavy atom. The molecule has 0 radical (unpaired) electrons. The molecular weight excluding hydrogens is 364 g/mol. The molecule has 26 heavy (non-hydrogen) atoms. The number of carbonyl (C=O) groups excluding carboxylic acids is 1. The molecule has 7 heteroatoms. The number of nitrogens with zero attached hydrogens (tertiary/aromatic N) is 3. The summed E-state index contributed by atoms with van der Waals surface area (Å²) in [7, 11) is 1.83. The molecule has 0 saturated heterocycles. The molecule has 3 rings (SSSR count). The van der Waals surface area contributed by atoms with Crippen molar-refractivity contribution in [1.82, 2.24) is 20.1 Å². The molecule has 0 aromatic carbocycles. The van der Waals surface area contributed by atoms with Crippen LogP contribution < -0.4 is 5.32 Å². The second-order valence-corrected chi connectivity index (χ2v) is 8.47. The molecule has 0 aliphatic carbocycles. The Labute approximate surface area is 162 Å². The number of hydrogen-bond acceptors (Lipinski definition) is 5. The van der Waals surface area contributed by atoms with E-state index in [1.807, 2.05) is 20.9 Å². The zero-order valence-corrected chi connectivity index (χ0v) is 17.4. The lowest BCUT2D eigenvalue weighted by molar-refractivity contribution is 0.0926. The van der Waals surface area contributed by atoms with Gasteiger partial charge >= 0.3 is 0 Å². The molecular formula is C19H24N4OS2. The number of carbonyl (C=O) groups is 1. The van der Waals surface area contributed by atoms with Crippen LogP contribution in [-0.4, -0.2) is 20.7 Å². The van der Waals surface area contributed by atoms with E-state index in [2.05, 4.69) is 46.1 Å². The number of thiazole rings is 1. The van der Waals surface area contributed by atoms with Crippen LogP contribution in [0.2, 0.25) is 0 Å². The molecule has 0 aliphatic heterocycles. The highest BCUT2D eigenvalue weighted by Gasteiger charge is 2.24. The van der Waals surface area contributed by atoms with E-state index in [9.17, 15) is 4.79 Å². The first-order chi connectivity index (χ1) is 12.4. The molecule has 0 saturated carbocycles. The van der Waals surface area contributed by atoms with Crippen molar-refractivity contribution < 1.29 is 4.79 Å². The molecule has 138 valence electrons. The highest BCUT2D eigenvalue weighted by molar-refractivity contribution is 7.11. The second-order valence-electron chi connectivity index (χ2n) is 6.45. The summed E-state index contributed by atoms with van der Waals surface area (Å²) in [6, 6.07) is 1.95. The van der Waals surface area contributed by atoms with Gasteiger partial charge in [0, 0.05) is 23.9 Å². The summed E-state index contributed by atoms with van der Waals surface area (Å²) >= 11 is 3.32. The highest BCUT2D eigenvalue weighted by Crippen LogP contribution is 2.27. The topological polar surface area (TPSA) is 59.8 Å². The third-order valence-electron chi connectivity index (χ3n) is 4.60. The summed E-state index contributed by atoms with van der Waals surface area (Å²) in [4.78, 5) is 18.9. The van der Waals surface area contributed by atoms with Crippen molar-refractivity contribution in [1.29, 1.82) is 0 Å². The molecule has 0 spiro atoms. The molecule has 0 aliphatic rings. The van der Waals surface area contributed by atoms with Crippen molar-refractivity contribution in [3.63, 3.8) is 0 Å². The lowest BCUT2D eigenvalue weighted by Gasteiger charge is -2.16. The van der Waals surface area contributed by atoms with Crippen molar-refractivity contribution in [3.8, 4) is 0 Å². The van der Waals surface area contributed by atoms with Gasteiger partial charge in [-0.2, -0.15) is 16.4 Å². The molecule has 3 aromatic heterocycles. The predicted octanol–water partition coefficient (Wildman–Crippen LogP) is 4.14. The third-order valence-corrected chi connectivity index (χ3v) is 6.52. The van der Waals surface area contributed by atoms with Gasteiger partial charge in [-0.25, -0.2) is 4.98 Å². The fourth-order valence-electron chi connectivity index (χ4n) is 3.06. The zero-order chi connectivity index (χ0) is 18.8. The van der Waals surface area contributed by atoms with Gasteiger partial charge in [-0.3, -0.25) is 9.48 Å². The standard InChI is InChI=1S/C19H24N4OS2/c1-6-15-11(2)17(23(5)22-15)18(24)21-16(9-14-7-8-25-10-14)19-20-12(3)13(4)26-19/h7-8,10,16H,6,9H2,1-5H3,(H,21,24). The van der Waals surface area contributed by atoms with E-state index in [1.165, 1.54) is 10.4 Å². The van der Waals surface area contributed by atoms with Crippen LogP contribution in [-0.2, 0) is 19.9 Å². The van der Waals surface area contributed by atoms with Crippen LogP contribution in [0.5, 0.6) is 0 Å². The number of aryl methyl sites for hydroxylation is 4. The van der Waals surface area contributed by atoms with Crippen molar-refractivity contribution in [2.45, 2.75) is 46.6 Å². The summed E-state index contributed by atoms with van der Waals surface area (Å²) in [6.45, 7) is 8.10. The molecule has 0 fully saturated rings. The van der Waals surface area contributed by atoms with E-state index in [4.69, 9.17) is 0 Å². The highest BCUT2D eigenvalue weighted by atomic mass is 32.1. The van der Waals surface area contributed by atoms with E-state index in [1.54, 1.807) is 27.4 Å². The van der Waals surface area contributed by atoms with Crippen molar-refractivity contribution in [3.05, 3.63) is 54.9 Å². The lowest BCUT2D eigenvalue weighted by Crippen LogP contribution is -2.31. The first-order valence-corrected chi connectivity index (χ1v) is 10.4. The Kier molecular flexibility index (Phi) is 5.58. The fraction of sp³-hybridized carbons (Fsp3) is 0.421. The minimum Gasteiger partial charge on any atom is -0.341 e. The van der Waals surface area contributed by atoms with E-state index in [0.717, 1.165) is 34.8 Å². The zero-order valence-electron chi connectivity index (χ0n) is 15.8. The molecule has 3 heterocycles. The number of nitrogens with one attached hydrogen (secondary N) is 1. The van der Waals surface area contributed by atoms with Crippen LogP contribution in [0.15, 0.2) is 16.8 Å². The van der Waals surface area contributed by atoms with Crippen LogP contribution in [0.1, 0.15) is 55.9 Å². The van der Waals surface area contributed by atoms with Gasteiger partial charge < -0.3 is 5.32 Å². The van der Waals surface area contributed by atoms with Gasteiger partial charge in [0.05, 0.1) is 17.4 Å². The van der Waals surface area contributed by atoms with Crippen LogP contribution >= 0.6 is 22.7 Å². The maximum atomic E-state index is 13.0. The molecule has 0 bridgehead atoms. The van der Waals surface area contributed by atoms with Crippen molar-refractivity contribution >= 4 is 28.6 Å². The van der Waals surface area contributed by atoms with Crippen LogP contribution in [0, 0.1) is 20.8 Å². The number of rotatable bonds is 6. The first-order valence-electron chi connectivity index (χ1n) is 8.69. The molecule has 1 N–H and O–H groups in total. The average molecular weight is 389 g/mol. The largest absolute Gasteiger partial charge is 0.341 e. The summed E-state index contributed by atoms with van der Waals surface area (Å²) in [5.41, 5.74) is 4.78. The van der Waals surface area contributed by atoms with Gasteiger partial charge in [-0.05, 0) is 49.6 Å². The number of thiophene rings is 1. The SMILES string of the molecule is CCc1nn(C)c(C(=O)NC(Cc2ccsc2)c2nc(C)c(C)s2)c1C. The normalized spacial score (nSPS) is 12.3. The monoisotopic (exact) mass is 388 g/mol. The smallest absolute Gasteiger partial charge is 0.270 e. The van der Waals surface area contributed by atoms with Crippen molar-refractivity contribution in [2.24, 2.45) is 7.05 Å². The average Bonchev–Trinajstić information content (AvgIpc) is 3.28. The van der Waals surface area contributed by atoms with Crippen LogP contribution in [0.3, 0.4) is 0 Å². The van der Waals surface area contributed by atoms with Gasteiger partial charge in [-0.1, -0.05) is 6.92 Å². The first kappa shape index (κ1) is 18.8. The van der Waals surface area contributed by atoms with Crippen LogP contribution in [0.4, 0.5) is 0 Å². The Morgan fingerprint density at radius 2 is 2.12 bits per heavy atom. The lowest BCUT2D eigenvalue weighted by atomic mass is 10.1. The maximum Gasteiger partial charge on any atom is 0.270 e. The Hall–Kier alpha value is -1.99. The molecule has 1 amide bonds. The van der Waals surface area contributed by atoms with Crippen LogP contribution in [0.25, 0.3) is 0 Å². The predicted molar refractivity (Wildman–Crippen MR) is 107 cm³/mol. The van der Waals surface area contributed by atoms with Gasteiger partial charge in [0.2, 0.25) is 0 Å². The Balaban J connectivity index is 1.90. The van der Waals surface area contributed by atoms with Gasteiger partial charge in [-0.15, -0.1) is 11.3 Å². The maximum absolute atomic E-state index is 13.0. The van der Waals surface area contributed by atoms with E-state index >= 15 is 0 Å². The molecule has 1 unspecified atom stereocenters. The minimum atomic E-state index is -0.145. The molecule has 1 atom stereocenters. The van der Waals surface area contributed by atoms with Gasteiger partial charge in [0.1, 0.15) is 10.7 Å². The Bertz CT molecular complexity index is 889. The fourth-order valence-corrected chi connectivity index (χ4v) is 4.71. The third kappa shape index (κ3) is 3.73. The van der Waals surface area contributed by atoms with E-state index in [0.29, 0.717) is 5.69 Å². The minimum absolute atomic E-state index is 0.0945. The Morgan fingerprint density at radius 1 is 1.35 bits per heavy atom. The van der Waals surface area contributed by atoms with Gasteiger partial charge in [0.15, 0.2) is 0 Å². The van der Waals surface area contributed by atoms with E-state index in [-0.39, 0.29) is 11.9 Å². The summed E-state index contributed by atoms with van der Waals surface area (Å²) in [5.74, 6) is -0.0945. The van der Waals surface area contributed by atoms with Gasteiger partial charge in [0.25, 0.3) is 5.91 Å². The number of aromatic nitrogens is 3. The summed E-state index contributed by atoms with van der Waals surface area (Å²) in [5, 5.41) is 12.8. The quantitative estimate of drug-likeness (QED) is 0.690. The summed E-state index contributed by atoms with van der Waals surface area (Å²) in [6.07, 6.45) is 1.55.